The minimum atomic E-state index is -3.97. The molecule has 33 heavy (non-hydrogen) atoms. The Bertz CT molecular complexity index is 1310. The molecule has 1 atom stereocenters. The van der Waals surface area contributed by atoms with E-state index >= 15 is 0 Å². The van der Waals surface area contributed by atoms with E-state index < -0.39 is 22.0 Å². The molecule has 0 aliphatic carbocycles. The number of carbonyl (C=O) groups is 1. The predicted octanol–water partition coefficient (Wildman–Crippen LogP) is 4.56. The summed E-state index contributed by atoms with van der Waals surface area (Å²) in [6.07, 6.45) is -1.06. The highest BCUT2D eigenvalue weighted by Crippen LogP contribution is 2.38. The van der Waals surface area contributed by atoms with E-state index in [0.717, 1.165) is 11.1 Å². The van der Waals surface area contributed by atoms with E-state index in [9.17, 15) is 13.2 Å². The number of hydrogen-bond acceptors (Lipinski definition) is 5. The van der Waals surface area contributed by atoms with Gasteiger partial charge in [-0.25, -0.2) is 8.42 Å². The largest absolute Gasteiger partial charge is 0.497 e. The lowest BCUT2D eigenvalue weighted by atomic mass is 10.1. The predicted molar refractivity (Wildman–Crippen MR) is 128 cm³/mol. The van der Waals surface area contributed by atoms with Crippen LogP contribution in [0.5, 0.6) is 11.5 Å². The summed E-state index contributed by atoms with van der Waals surface area (Å²) in [6.45, 7) is 3.54. The van der Waals surface area contributed by atoms with Gasteiger partial charge in [0.25, 0.3) is 15.9 Å². The van der Waals surface area contributed by atoms with Crippen LogP contribution in [0, 0.1) is 13.8 Å². The summed E-state index contributed by atoms with van der Waals surface area (Å²) in [4.78, 5) is 13.1. The lowest BCUT2D eigenvalue weighted by molar-refractivity contribution is -0.122. The highest BCUT2D eigenvalue weighted by molar-refractivity contribution is 7.92. The van der Waals surface area contributed by atoms with Gasteiger partial charge in [-0.15, -0.1) is 0 Å². The van der Waals surface area contributed by atoms with Gasteiger partial charge >= 0.3 is 0 Å². The number of aryl methyl sites for hydroxylation is 2. The monoisotopic (exact) mass is 486 g/mol. The van der Waals surface area contributed by atoms with E-state index in [1.807, 2.05) is 13.8 Å². The van der Waals surface area contributed by atoms with Crippen molar-refractivity contribution in [3.63, 3.8) is 0 Å². The number of benzene rings is 3. The number of sulfonamides is 1. The first kappa shape index (κ1) is 22.9. The van der Waals surface area contributed by atoms with E-state index in [0.29, 0.717) is 27.9 Å². The molecule has 1 N–H and O–H groups in total. The van der Waals surface area contributed by atoms with Crippen LogP contribution in [-0.2, 0) is 14.8 Å². The van der Waals surface area contributed by atoms with Crippen LogP contribution < -0.4 is 19.1 Å². The minimum Gasteiger partial charge on any atom is -0.497 e. The topological polar surface area (TPSA) is 84.9 Å². The Balaban J connectivity index is 1.68. The first-order valence-corrected chi connectivity index (χ1v) is 12.0. The maximum atomic E-state index is 13.5. The number of amides is 1. The van der Waals surface area contributed by atoms with E-state index in [1.54, 1.807) is 48.5 Å². The average Bonchev–Trinajstić information content (AvgIpc) is 2.80. The van der Waals surface area contributed by atoms with Crippen LogP contribution in [0.4, 0.5) is 11.4 Å². The van der Waals surface area contributed by atoms with Gasteiger partial charge in [-0.1, -0.05) is 23.7 Å². The summed E-state index contributed by atoms with van der Waals surface area (Å²) in [7, 11) is -2.46. The molecule has 0 saturated carbocycles. The van der Waals surface area contributed by atoms with E-state index in [-0.39, 0.29) is 11.4 Å². The number of ether oxygens (including phenoxy) is 2. The molecule has 172 valence electrons. The Kier molecular flexibility index (Phi) is 6.23. The lowest BCUT2D eigenvalue weighted by Gasteiger charge is -2.35. The number of nitrogens with one attached hydrogen (secondary N) is 1. The molecule has 1 aliphatic rings. The maximum absolute atomic E-state index is 13.5. The standard InChI is InChI=1S/C24H23ClN2O5S/c1-15-4-11-21-22(12-15)32-23(24(28)26-17-6-5-16(2)20(25)13-17)14-27(21)33(29,30)19-9-7-18(31-3)8-10-19/h4-13,23H,14H2,1-3H3,(H,26,28). The second-order valence-electron chi connectivity index (χ2n) is 7.74. The number of rotatable bonds is 5. The minimum absolute atomic E-state index is 0.0844. The van der Waals surface area contributed by atoms with Crippen LogP contribution >= 0.6 is 11.6 Å². The van der Waals surface area contributed by atoms with E-state index in [1.165, 1.54) is 23.5 Å². The Morgan fingerprint density at radius 3 is 2.48 bits per heavy atom. The molecule has 0 bridgehead atoms. The zero-order valence-electron chi connectivity index (χ0n) is 18.3. The van der Waals surface area contributed by atoms with Crippen molar-refractivity contribution in [2.45, 2.75) is 24.8 Å². The Morgan fingerprint density at radius 2 is 1.82 bits per heavy atom. The Labute approximate surface area is 197 Å². The molecule has 0 radical (unpaired) electrons. The highest BCUT2D eigenvalue weighted by Gasteiger charge is 2.37. The fraction of sp³-hybridized carbons (Fsp3) is 0.208. The van der Waals surface area contributed by atoms with Crippen LogP contribution in [0.3, 0.4) is 0 Å². The van der Waals surface area contributed by atoms with Crippen molar-refractivity contribution in [3.8, 4) is 11.5 Å². The third-order valence-electron chi connectivity index (χ3n) is 5.36. The fourth-order valence-corrected chi connectivity index (χ4v) is 5.15. The zero-order valence-corrected chi connectivity index (χ0v) is 19.9. The summed E-state index contributed by atoms with van der Waals surface area (Å²) in [5.41, 5.74) is 2.63. The molecule has 3 aromatic rings. The van der Waals surface area contributed by atoms with Gasteiger partial charge in [0.15, 0.2) is 6.10 Å². The third kappa shape index (κ3) is 4.62. The van der Waals surface area contributed by atoms with Crippen molar-refractivity contribution < 1.29 is 22.7 Å². The molecule has 4 rings (SSSR count). The van der Waals surface area contributed by atoms with Crippen LogP contribution in [0.2, 0.25) is 5.02 Å². The molecule has 1 aliphatic heterocycles. The molecule has 1 heterocycles. The van der Waals surface area contributed by atoms with Crippen LogP contribution in [0.25, 0.3) is 0 Å². The number of anilines is 2. The molecule has 0 spiro atoms. The summed E-state index contributed by atoms with van der Waals surface area (Å²) in [6, 6.07) is 16.5. The second-order valence-corrected chi connectivity index (χ2v) is 10.0. The van der Waals surface area contributed by atoms with E-state index in [4.69, 9.17) is 21.1 Å². The summed E-state index contributed by atoms with van der Waals surface area (Å²) in [5, 5.41) is 3.28. The summed E-state index contributed by atoms with van der Waals surface area (Å²) in [5.74, 6) is 0.387. The molecule has 0 aromatic heterocycles. The van der Waals surface area contributed by atoms with Crippen LogP contribution in [-0.4, -0.2) is 34.1 Å². The molecule has 0 fully saturated rings. The molecule has 9 heteroatoms. The first-order valence-electron chi connectivity index (χ1n) is 10.2. The van der Waals surface area contributed by atoms with E-state index in [2.05, 4.69) is 5.32 Å². The van der Waals surface area contributed by atoms with Gasteiger partial charge < -0.3 is 14.8 Å². The van der Waals surface area contributed by atoms with Crippen molar-refractivity contribution in [2.75, 3.05) is 23.3 Å². The molecule has 0 saturated heterocycles. The van der Waals surface area contributed by atoms with Crippen molar-refractivity contribution in [1.82, 2.24) is 0 Å². The van der Waals surface area contributed by atoms with Gasteiger partial charge in [-0.05, 0) is 73.5 Å². The fourth-order valence-electron chi connectivity index (χ4n) is 3.49. The molecule has 7 nitrogen and oxygen atoms in total. The summed E-state index contributed by atoms with van der Waals surface area (Å²) < 4.78 is 39.3. The number of fused-ring (bicyclic) bond motifs is 1. The maximum Gasteiger partial charge on any atom is 0.267 e. The van der Waals surface area contributed by atoms with Crippen molar-refractivity contribution in [2.24, 2.45) is 0 Å². The molecule has 1 amide bonds. The van der Waals surface area contributed by atoms with Gasteiger partial charge in [0.1, 0.15) is 11.5 Å². The Hall–Kier alpha value is -3.23. The van der Waals surface area contributed by atoms with Crippen LogP contribution in [0.1, 0.15) is 11.1 Å². The van der Waals surface area contributed by atoms with Crippen molar-refractivity contribution in [1.29, 1.82) is 0 Å². The third-order valence-corrected chi connectivity index (χ3v) is 7.57. The van der Waals surface area contributed by atoms with Crippen LogP contribution in [0.15, 0.2) is 65.6 Å². The number of halogens is 1. The average molecular weight is 487 g/mol. The van der Waals surface area contributed by atoms with Crippen molar-refractivity contribution in [3.05, 3.63) is 76.8 Å². The molecular weight excluding hydrogens is 464 g/mol. The number of carbonyl (C=O) groups excluding carboxylic acids is 1. The normalized spacial score (nSPS) is 15.4. The van der Waals surface area contributed by atoms with Gasteiger partial charge in [-0.2, -0.15) is 0 Å². The summed E-state index contributed by atoms with van der Waals surface area (Å²) >= 11 is 6.16. The zero-order chi connectivity index (χ0) is 23.8. The second kappa shape index (κ2) is 8.96. The van der Waals surface area contributed by atoms with Gasteiger partial charge in [0.2, 0.25) is 0 Å². The Morgan fingerprint density at radius 1 is 1.09 bits per heavy atom. The molecular formula is C24H23ClN2O5S. The van der Waals surface area contributed by atoms with Gasteiger partial charge in [0, 0.05) is 10.7 Å². The van der Waals surface area contributed by atoms with Crippen molar-refractivity contribution >= 4 is 38.9 Å². The quantitative estimate of drug-likeness (QED) is 0.571. The van der Waals surface area contributed by atoms with Gasteiger partial charge in [0.05, 0.1) is 24.2 Å². The number of methoxy groups -OCH3 is 1. The molecule has 3 aromatic carbocycles. The first-order chi connectivity index (χ1) is 15.7. The SMILES string of the molecule is COc1ccc(S(=O)(=O)N2CC(C(=O)Nc3ccc(C)c(Cl)c3)Oc3cc(C)ccc32)cc1. The molecule has 1 unspecified atom stereocenters. The lowest BCUT2D eigenvalue weighted by Crippen LogP contribution is -2.48. The highest BCUT2D eigenvalue weighted by atomic mass is 35.5. The van der Waals surface area contributed by atoms with Gasteiger partial charge in [-0.3, -0.25) is 9.10 Å². The number of nitrogens with zero attached hydrogens (tertiary/aromatic N) is 1. The number of hydrogen-bond donors (Lipinski definition) is 1. The smallest absolute Gasteiger partial charge is 0.267 e.